The molecule has 130 valence electrons. The summed E-state index contributed by atoms with van der Waals surface area (Å²) in [5.74, 6) is 7.28. The number of fused-ring (bicyclic) bond motifs is 1. The van der Waals surface area contributed by atoms with Crippen LogP contribution >= 0.6 is 10.5 Å². The van der Waals surface area contributed by atoms with Gasteiger partial charge in [0, 0.05) is 34.6 Å². The average molecular weight is 353 g/mol. The fourth-order valence-corrected chi connectivity index (χ4v) is 2.56. The fourth-order valence-electron chi connectivity index (χ4n) is 2.27. The SMILES string of the molecule is C=S(C)C#Cc1cnc2[nH]cc(-c3cc(CC)nc(N)n3)c2c1.CC. The van der Waals surface area contributed by atoms with Crippen LogP contribution in [0.4, 0.5) is 5.95 Å². The van der Waals surface area contributed by atoms with Crippen molar-refractivity contribution in [2.75, 3.05) is 12.0 Å². The molecule has 25 heavy (non-hydrogen) atoms. The predicted molar refractivity (Wildman–Crippen MR) is 110 cm³/mol. The van der Waals surface area contributed by atoms with Gasteiger partial charge in [0.2, 0.25) is 5.95 Å². The number of aromatic amines is 1. The van der Waals surface area contributed by atoms with E-state index >= 15 is 0 Å². The van der Waals surface area contributed by atoms with Gasteiger partial charge in [-0.1, -0.05) is 32.6 Å². The van der Waals surface area contributed by atoms with Crippen LogP contribution in [0.5, 0.6) is 0 Å². The summed E-state index contributed by atoms with van der Waals surface area (Å²) in [7, 11) is -0.173. The molecule has 3 N–H and O–H groups in total. The zero-order chi connectivity index (χ0) is 18.4. The Morgan fingerprint density at radius 2 is 2.04 bits per heavy atom. The first-order chi connectivity index (χ1) is 12.1. The van der Waals surface area contributed by atoms with Gasteiger partial charge in [0.1, 0.15) is 5.65 Å². The molecule has 0 aliphatic heterocycles. The van der Waals surface area contributed by atoms with Crippen molar-refractivity contribution >= 4 is 33.3 Å². The quantitative estimate of drug-likeness (QED) is 0.542. The second kappa shape index (κ2) is 8.45. The van der Waals surface area contributed by atoms with Gasteiger partial charge in [0.05, 0.1) is 5.69 Å². The van der Waals surface area contributed by atoms with Crippen LogP contribution in [0, 0.1) is 11.2 Å². The first-order valence-electron chi connectivity index (χ1n) is 8.15. The Hall–Kier alpha value is -2.65. The van der Waals surface area contributed by atoms with Crippen molar-refractivity contribution in [1.29, 1.82) is 0 Å². The zero-order valence-corrected chi connectivity index (χ0v) is 15.9. The molecule has 0 aliphatic carbocycles. The molecule has 0 spiro atoms. The van der Waals surface area contributed by atoms with E-state index < -0.39 is 0 Å². The molecule has 3 heterocycles. The Morgan fingerprint density at radius 1 is 1.28 bits per heavy atom. The highest BCUT2D eigenvalue weighted by Gasteiger charge is 2.11. The van der Waals surface area contributed by atoms with Crippen molar-refractivity contribution in [2.45, 2.75) is 27.2 Å². The molecular formula is C19H23N5S. The zero-order valence-electron chi connectivity index (χ0n) is 15.1. The Morgan fingerprint density at radius 3 is 2.72 bits per heavy atom. The van der Waals surface area contributed by atoms with Crippen LogP contribution in [0.1, 0.15) is 32.0 Å². The van der Waals surface area contributed by atoms with Crippen LogP contribution in [0.25, 0.3) is 22.3 Å². The number of anilines is 1. The Balaban J connectivity index is 0.00000109. The summed E-state index contributed by atoms with van der Waals surface area (Å²) in [5.41, 5.74) is 10.1. The summed E-state index contributed by atoms with van der Waals surface area (Å²) in [6.07, 6.45) is 6.44. The third kappa shape index (κ3) is 4.46. The highest BCUT2D eigenvalue weighted by molar-refractivity contribution is 8.17. The normalized spacial score (nSPS) is 11.2. The molecule has 0 saturated heterocycles. The third-order valence-corrected chi connectivity index (χ3v) is 3.79. The van der Waals surface area contributed by atoms with Crippen molar-refractivity contribution in [2.24, 2.45) is 0 Å². The minimum atomic E-state index is -0.173. The van der Waals surface area contributed by atoms with Crippen LogP contribution in [-0.2, 0) is 6.42 Å². The van der Waals surface area contributed by atoms with Crippen molar-refractivity contribution < 1.29 is 0 Å². The minimum absolute atomic E-state index is 0.173. The summed E-state index contributed by atoms with van der Waals surface area (Å²) >= 11 is 0. The van der Waals surface area contributed by atoms with Crippen LogP contribution in [-0.4, -0.2) is 32.1 Å². The summed E-state index contributed by atoms with van der Waals surface area (Å²) in [5, 5.41) is 4.05. The van der Waals surface area contributed by atoms with E-state index in [9.17, 15) is 0 Å². The number of nitrogens with zero attached hydrogens (tertiary/aromatic N) is 3. The van der Waals surface area contributed by atoms with E-state index in [2.05, 4.69) is 37.0 Å². The standard InChI is InChI=1S/C17H17N5S.C2H6/c1-4-12-8-15(22-17(18)21-12)14-10-20-16-13(14)7-11(9-19-16)5-6-23(2)3;1-2/h7-10H,2,4H2,1,3H3,(H,19,20)(H2,18,21,22);1-2H3. The Bertz CT molecular complexity index is 963. The average Bonchev–Trinajstić information content (AvgIpc) is 3.04. The highest BCUT2D eigenvalue weighted by Crippen LogP contribution is 2.27. The van der Waals surface area contributed by atoms with Crippen LogP contribution < -0.4 is 5.73 Å². The summed E-state index contributed by atoms with van der Waals surface area (Å²) in [4.78, 5) is 16.2. The topological polar surface area (TPSA) is 80.5 Å². The largest absolute Gasteiger partial charge is 0.368 e. The molecule has 0 saturated carbocycles. The third-order valence-electron chi connectivity index (χ3n) is 3.34. The molecule has 1 atom stereocenters. The smallest absolute Gasteiger partial charge is 0.220 e. The van der Waals surface area contributed by atoms with Crippen molar-refractivity contribution in [3.63, 3.8) is 0 Å². The number of aromatic nitrogens is 4. The van der Waals surface area contributed by atoms with Gasteiger partial charge in [-0.2, -0.15) is 0 Å². The molecule has 3 aromatic rings. The molecule has 5 nitrogen and oxygen atoms in total. The molecule has 0 amide bonds. The maximum Gasteiger partial charge on any atom is 0.220 e. The maximum absolute atomic E-state index is 5.82. The lowest BCUT2D eigenvalue weighted by molar-refractivity contribution is 1.01. The van der Waals surface area contributed by atoms with E-state index in [1.54, 1.807) is 6.20 Å². The molecular weight excluding hydrogens is 330 g/mol. The number of pyridine rings is 1. The van der Waals surface area contributed by atoms with Gasteiger partial charge in [0.15, 0.2) is 0 Å². The van der Waals surface area contributed by atoms with Gasteiger partial charge >= 0.3 is 0 Å². The molecule has 0 radical (unpaired) electrons. The molecule has 0 aliphatic rings. The van der Waals surface area contributed by atoms with Crippen LogP contribution in [0.2, 0.25) is 0 Å². The van der Waals surface area contributed by atoms with Gasteiger partial charge in [-0.05, 0) is 30.1 Å². The number of H-pyrrole nitrogens is 1. The fraction of sp³-hybridized carbons (Fsp3) is 0.263. The predicted octanol–water partition coefficient (Wildman–Crippen LogP) is 3.83. The number of nitrogen functional groups attached to an aromatic ring is 1. The van der Waals surface area contributed by atoms with E-state index in [4.69, 9.17) is 5.73 Å². The van der Waals surface area contributed by atoms with E-state index in [1.165, 1.54) is 0 Å². The molecule has 6 heteroatoms. The molecule has 3 rings (SSSR count). The maximum atomic E-state index is 5.82. The summed E-state index contributed by atoms with van der Waals surface area (Å²) in [6.45, 7) is 6.04. The van der Waals surface area contributed by atoms with Crippen LogP contribution in [0.15, 0.2) is 24.5 Å². The van der Waals surface area contributed by atoms with Gasteiger partial charge < -0.3 is 10.7 Å². The van der Waals surface area contributed by atoms with Gasteiger partial charge in [-0.15, -0.1) is 10.5 Å². The minimum Gasteiger partial charge on any atom is -0.368 e. The molecule has 3 aromatic heterocycles. The van der Waals surface area contributed by atoms with Crippen LogP contribution in [0.3, 0.4) is 0 Å². The number of aryl methyl sites for hydroxylation is 1. The number of hydrogen-bond acceptors (Lipinski definition) is 4. The highest BCUT2D eigenvalue weighted by atomic mass is 32.2. The number of hydrogen-bond donors (Lipinski definition) is 2. The monoisotopic (exact) mass is 353 g/mol. The van der Waals surface area contributed by atoms with Crippen molar-refractivity contribution in [1.82, 2.24) is 19.9 Å². The lowest BCUT2D eigenvalue weighted by atomic mass is 10.1. The Labute approximate surface area is 151 Å². The molecule has 0 aromatic carbocycles. The first-order valence-corrected chi connectivity index (χ1v) is 9.95. The van der Waals surface area contributed by atoms with Gasteiger partial charge in [-0.25, -0.2) is 15.0 Å². The lowest BCUT2D eigenvalue weighted by Gasteiger charge is -2.03. The number of nitrogens with one attached hydrogen (secondary N) is 1. The number of rotatable bonds is 2. The van der Waals surface area contributed by atoms with E-state index in [-0.39, 0.29) is 16.4 Å². The van der Waals surface area contributed by atoms with E-state index in [0.717, 1.165) is 40.0 Å². The molecule has 0 bridgehead atoms. The summed E-state index contributed by atoms with van der Waals surface area (Å²) < 4.78 is 0. The second-order valence-electron chi connectivity index (χ2n) is 5.14. The number of nitrogens with two attached hydrogens (primary N) is 1. The van der Waals surface area contributed by atoms with Crippen molar-refractivity contribution in [3.8, 4) is 22.4 Å². The van der Waals surface area contributed by atoms with Crippen molar-refractivity contribution in [3.05, 3.63) is 35.8 Å². The first kappa shape index (κ1) is 18.7. The Kier molecular flexibility index (Phi) is 6.31. The van der Waals surface area contributed by atoms with Gasteiger partial charge in [0.25, 0.3) is 0 Å². The van der Waals surface area contributed by atoms with E-state index in [1.807, 2.05) is 45.4 Å². The molecule has 1 unspecified atom stereocenters. The van der Waals surface area contributed by atoms with E-state index in [0.29, 0.717) is 0 Å². The summed E-state index contributed by atoms with van der Waals surface area (Å²) in [6, 6.07) is 3.97. The second-order valence-corrected chi connectivity index (χ2v) is 6.62. The van der Waals surface area contributed by atoms with Gasteiger partial charge in [-0.3, -0.25) is 0 Å². The molecule has 0 fully saturated rings. The lowest BCUT2D eigenvalue weighted by Crippen LogP contribution is -2.00.